The second-order valence-corrected chi connectivity index (χ2v) is 6.85. The Balaban J connectivity index is 1.60. The predicted octanol–water partition coefficient (Wildman–Crippen LogP) is 6.76. The summed E-state index contributed by atoms with van der Waals surface area (Å²) >= 11 is 6.60. The summed E-state index contributed by atoms with van der Waals surface area (Å²) < 4.78 is 0. The number of benzene rings is 3. The lowest BCUT2D eigenvalue weighted by Gasteiger charge is -2.05. The van der Waals surface area contributed by atoms with E-state index in [0.717, 1.165) is 48.9 Å². The summed E-state index contributed by atoms with van der Waals surface area (Å²) in [5.74, 6) is 0. The highest BCUT2D eigenvalue weighted by Gasteiger charge is 2.05. The molecule has 0 N–H and O–H groups in total. The lowest BCUT2D eigenvalue weighted by Crippen LogP contribution is -1.87. The molecule has 0 radical (unpaired) electrons. The Morgan fingerprint density at radius 3 is 2.33 bits per heavy atom. The van der Waals surface area contributed by atoms with Gasteiger partial charge in [0.2, 0.25) is 0 Å². The number of rotatable bonds is 2. The fourth-order valence-electron chi connectivity index (χ4n) is 3.39. The molecule has 5 rings (SSSR count). The zero-order chi connectivity index (χ0) is 18.2. The molecule has 0 fully saturated rings. The average molecular weight is 367 g/mol. The monoisotopic (exact) mass is 366 g/mol. The Bertz CT molecular complexity index is 1340. The minimum absolute atomic E-state index is 0.761. The maximum atomic E-state index is 6.60. The van der Waals surface area contributed by atoms with Crippen LogP contribution >= 0.6 is 11.6 Å². The van der Waals surface area contributed by atoms with Crippen LogP contribution in [0.1, 0.15) is 11.3 Å². The van der Waals surface area contributed by atoms with Crippen molar-refractivity contribution in [2.24, 2.45) is 0 Å². The largest absolute Gasteiger partial charge is 0.254 e. The molecular formula is C24H15ClN2. The van der Waals surface area contributed by atoms with E-state index >= 15 is 0 Å². The number of hydrogen-bond donors (Lipinski definition) is 0. The Kier molecular flexibility index (Phi) is 3.84. The molecule has 0 saturated carbocycles. The second kappa shape index (κ2) is 6.49. The lowest BCUT2D eigenvalue weighted by atomic mass is 10.1. The van der Waals surface area contributed by atoms with Gasteiger partial charge in [0, 0.05) is 22.4 Å². The van der Waals surface area contributed by atoms with Gasteiger partial charge in [-0.3, -0.25) is 4.98 Å². The van der Waals surface area contributed by atoms with Gasteiger partial charge in [-0.1, -0.05) is 78.3 Å². The van der Waals surface area contributed by atoms with Crippen molar-refractivity contribution in [1.82, 2.24) is 9.97 Å². The molecule has 3 heteroatoms. The van der Waals surface area contributed by atoms with Crippen LogP contribution < -0.4 is 0 Å². The van der Waals surface area contributed by atoms with E-state index in [9.17, 15) is 0 Å². The third-order valence-electron chi connectivity index (χ3n) is 4.78. The summed E-state index contributed by atoms with van der Waals surface area (Å²) in [6.45, 7) is 0. The van der Waals surface area contributed by atoms with Crippen LogP contribution in [0.4, 0.5) is 0 Å². The minimum Gasteiger partial charge on any atom is -0.254 e. The van der Waals surface area contributed by atoms with Crippen LogP contribution in [-0.2, 0) is 0 Å². The second-order valence-electron chi connectivity index (χ2n) is 6.47. The average Bonchev–Trinajstić information content (AvgIpc) is 2.73. The van der Waals surface area contributed by atoms with Crippen molar-refractivity contribution in [2.75, 3.05) is 0 Å². The molecular weight excluding hydrogens is 352 g/mol. The Hall–Kier alpha value is -3.23. The smallest absolute Gasteiger partial charge is 0.0971 e. The number of fused-ring (bicyclic) bond motifs is 4. The topological polar surface area (TPSA) is 25.8 Å². The fraction of sp³-hybridized carbons (Fsp3) is 0. The van der Waals surface area contributed by atoms with E-state index in [1.54, 1.807) is 6.20 Å². The number of nitrogens with zero attached hydrogens (tertiary/aromatic N) is 2. The van der Waals surface area contributed by atoms with Crippen molar-refractivity contribution in [1.29, 1.82) is 0 Å². The highest BCUT2D eigenvalue weighted by atomic mass is 35.5. The molecule has 0 amide bonds. The van der Waals surface area contributed by atoms with Crippen molar-refractivity contribution in [3.8, 4) is 0 Å². The molecule has 2 nitrogen and oxygen atoms in total. The van der Waals surface area contributed by atoms with Gasteiger partial charge in [0.1, 0.15) is 0 Å². The predicted molar refractivity (Wildman–Crippen MR) is 115 cm³/mol. The standard InChI is InChI=1S/C24H15ClN2/c25-22-17(8-7-16-4-1-2-6-21(16)22)11-13-20-14-12-19-10-9-18-5-3-15-26-23(18)24(19)27-20/h1-15H/b13-11+. The van der Waals surface area contributed by atoms with Crippen molar-refractivity contribution in [2.45, 2.75) is 0 Å². The van der Waals surface area contributed by atoms with E-state index in [2.05, 4.69) is 41.4 Å². The van der Waals surface area contributed by atoms with E-state index in [0.29, 0.717) is 0 Å². The summed E-state index contributed by atoms with van der Waals surface area (Å²) in [5.41, 5.74) is 3.70. The lowest BCUT2D eigenvalue weighted by molar-refractivity contribution is 1.35. The zero-order valence-corrected chi connectivity index (χ0v) is 15.2. The molecule has 0 aliphatic heterocycles. The van der Waals surface area contributed by atoms with Crippen molar-refractivity contribution in [3.05, 3.63) is 95.3 Å². The van der Waals surface area contributed by atoms with Gasteiger partial charge in [-0.05, 0) is 29.2 Å². The molecule has 0 unspecified atom stereocenters. The molecule has 128 valence electrons. The molecule has 27 heavy (non-hydrogen) atoms. The molecule has 0 spiro atoms. The molecule has 0 aliphatic rings. The highest BCUT2D eigenvalue weighted by molar-refractivity contribution is 6.37. The van der Waals surface area contributed by atoms with Gasteiger partial charge in [0.15, 0.2) is 0 Å². The van der Waals surface area contributed by atoms with Crippen molar-refractivity contribution >= 4 is 56.3 Å². The molecule has 3 aromatic carbocycles. The van der Waals surface area contributed by atoms with Crippen LogP contribution in [0.25, 0.3) is 44.7 Å². The Labute approximate surface area is 161 Å². The van der Waals surface area contributed by atoms with E-state index in [1.807, 2.05) is 48.6 Å². The molecule has 2 aromatic heterocycles. The Morgan fingerprint density at radius 1 is 0.667 bits per heavy atom. The SMILES string of the molecule is Clc1c(/C=C/c2ccc3ccc4cccnc4c3n2)ccc2ccccc12. The summed E-state index contributed by atoms with van der Waals surface area (Å²) in [6.07, 6.45) is 5.82. The van der Waals surface area contributed by atoms with Crippen LogP contribution in [0.15, 0.2) is 79.0 Å². The molecule has 0 saturated heterocycles. The first-order chi connectivity index (χ1) is 13.3. The zero-order valence-electron chi connectivity index (χ0n) is 14.4. The maximum Gasteiger partial charge on any atom is 0.0971 e. The van der Waals surface area contributed by atoms with E-state index in [1.165, 1.54) is 0 Å². The van der Waals surface area contributed by atoms with Gasteiger partial charge >= 0.3 is 0 Å². The number of pyridine rings is 2. The molecule has 5 aromatic rings. The summed E-state index contributed by atoms with van der Waals surface area (Å²) in [5, 5.41) is 5.14. The third-order valence-corrected chi connectivity index (χ3v) is 5.20. The molecule has 2 heterocycles. The third kappa shape index (κ3) is 2.84. The van der Waals surface area contributed by atoms with Crippen LogP contribution in [-0.4, -0.2) is 9.97 Å². The van der Waals surface area contributed by atoms with Crippen LogP contribution in [0.3, 0.4) is 0 Å². The van der Waals surface area contributed by atoms with Crippen LogP contribution in [0.5, 0.6) is 0 Å². The van der Waals surface area contributed by atoms with Crippen LogP contribution in [0.2, 0.25) is 5.02 Å². The maximum absolute atomic E-state index is 6.60. The Morgan fingerprint density at radius 2 is 1.41 bits per heavy atom. The summed E-state index contributed by atoms with van der Waals surface area (Å²) in [6, 6.07) is 24.5. The van der Waals surface area contributed by atoms with Gasteiger partial charge in [-0.25, -0.2) is 4.98 Å². The van der Waals surface area contributed by atoms with Crippen LogP contribution in [0, 0.1) is 0 Å². The molecule has 0 aliphatic carbocycles. The van der Waals surface area contributed by atoms with Gasteiger partial charge in [0.25, 0.3) is 0 Å². The quantitative estimate of drug-likeness (QED) is 0.322. The van der Waals surface area contributed by atoms with Gasteiger partial charge < -0.3 is 0 Å². The minimum atomic E-state index is 0.761. The van der Waals surface area contributed by atoms with Gasteiger partial charge in [-0.2, -0.15) is 0 Å². The first-order valence-electron chi connectivity index (χ1n) is 8.79. The highest BCUT2D eigenvalue weighted by Crippen LogP contribution is 2.29. The first-order valence-corrected chi connectivity index (χ1v) is 9.17. The molecule has 0 atom stereocenters. The van der Waals surface area contributed by atoms with Gasteiger partial charge in [0.05, 0.1) is 21.7 Å². The van der Waals surface area contributed by atoms with E-state index < -0.39 is 0 Å². The van der Waals surface area contributed by atoms with E-state index in [-0.39, 0.29) is 0 Å². The van der Waals surface area contributed by atoms with E-state index in [4.69, 9.17) is 16.6 Å². The first kappa shape index (κ1) is 16.0. The van der Waals surface area contributed by atoms with Crippen molar-refractivity contribution in [3.63, 3.8) is 0 Å². The normalized spacial score (nSPS) is 11.7. The number of aromatic nitrogens is 2. The van der Waals surface area contributed by atoms with Crippen molar-refractivity contribution < 1.29 is 0 Å². The number of hydrogen-bond acceptors (Lipinski definition) is 2. The van der Waals surface area contributed by atoms with Gasteiger partial charge in [-0.15, -0.1) is 0 Å². The fourth-order valence-corrected chi connectivity index (χ4v) is 3.68. The summed E-state index contributed by atoms with van der Waals surface area (Å²) in [7, 11) is 0. The summed E-state index contributed by atoms with van der Waals surface area (Å²) in [4.78, 5) is 9.33. The number of halogens is 1. The molecule has 0 bridgehead atoms.